The van der Waals surface area contributed by atoms with Crippen LogP contribution in [0.3, 0.4) is 0 Å². The number of Topliss-reactive ketones (excluding diaryl/α,β-unsaturated/α-hetero) is 1. The molecule has 142 valence electrons. The lowest BCUT2D eigenvalue weighted by atomic mass is 9.62. The van der Waals surface area contributed by atoms with Crippen LogP contribution in [0.15, 0.2) is 36.4 Å². The number of likely N-dealkylation sites (N-methyl/N-ethyl adjacent to an activating group) is 1. The predicted octanol–water partition coefficient (Wildman–Crippen LogP) is 2.83. The van der Waals surface area contributed by atoms with Crippen LogP contribution in [-0.4, -0.2) is 51.8 Å². The third-order valence-electron chi connectivity index (χ3n) is 6.66. The highest BCUT2D eigenvalue weighted by Crippen LogP contribution is 2.49. The van der Waals surface area contributed by atoms with Crippen LogP contribution >= 0.6 is 0 Å². The van der Waals surface area contributed by atoms with Crippen LogP contribution in [0.4, 0.5) is 4.79 Å². The maximum atomic E-state index is 13.3. The maximum absolute atomic E-state index is 13.3. The Morgan fingerprint density at radius 3 is 2.63 bits per heavy atom. The molecule has 0 radical (unpaired) electrons. The van der Waals surface area contributed by atoms with Gasteiger partial charge in [-0.3, -0.25) is 14.5 Å². The number of phenolic OH excluding ortho intramolecular Hbond substituents is 1. The van der Waals surface area contributed by atoms with Crippen molar-refractivity contribution in [1.82, 2.24) is 9.80 Å². The van der Waals surface area contributed by atoms with Crippen molar-refractivity contribution in [3.63, 3.8) is 0 Å². The molecule has 27 heavy (non-hydrogen) atoms. The van der Waals surface area contributed by atoms with Crippen molar-refractivity contribution in [2.75, 3.05) is 13.6 Å². The molecular weight excluding hydrogens is 344 g/mol. The number of ketones is 1. The summed E-state index contributed by atoms with van der Waals surface area (Å²) in [6.45, 7) is 1.53. The number of carbonyl (C=O) groups excluding carboxylic acids is 3. The number of nitrogens with zero attached hydrogens (tertiary/aromatic N) is 2. The number of phenols is 1. The molecule has 1 aromatic rings. The van der Waals surface area contributed by atoms with Gasteiger partial charge in [0.2, 0.25) is 0 Å². The molecule has 1 saturated carbocycles. The summed E-state index contributed by atoms with van der Waals surface area (Å²) in [4.78, 5) is 41.3. The Kier molecular flexibility index (Phi) is 4.09. The number of amides is 3. The summed E-state index contributed by atoms with van der Waals surface area (Å²) in [7, 11) is 1.66. The van der Waals surface area contributed by atoms with Crippen molar-refractivity contribution in [2.24, 2.45) is 17.8 Å². The van der Waals surface area contributed by atoms with E-state index in [2.05, 4.69) is 12.2 Å². The van der Waals surface area contributed by atoms with Crippen LogP contribution in [0.1, 0.15) is 36.5 Å². The van der Waals surface area contributed by atoms with Gasteiger partial charge in [0.15, 0.2) is 5.78 Å². The van der Waals surface area contributed by atoms with E-state index in [1.54, 1.807) is 19.2 Å². The molecule has 4 aliphatic rings. The van der Waals surface area contributed by atoms with Gasteiger partial charge in [0, 0.05) is 12.6 Å². The normalized spacial score (nSPS) is 32.4. The summed E-state index contributed by atoms with van der Waals surface area (Å²) in [5.74, 6) is 0.150. The topological polar surface area (TPSA) is 77.9 Å². The number of urea groups is 1. The van der Waals surface area contributed by atoms with Crippen molar-refractivity contribution >= 4 is 17.7 Å². The van der Waals surface area contributed by atoms with Crippen LogP contribution in [0, 0.1) is 17.8 Å². The number of hydrogen-bond acceptors (Lipinski definition) is 4. The second-order valence-electron chi connectivity index (χ2n) is 8.08. The fourth-order valence-electron chi connectivity index (χ4n) is 4.92. The summed E-state index contributed by atoms with van der Waals surface area (Å²) in [5, 5.41) is 9.57. The summed E-state index contributed by atoms with van der Waals surface area (Å²) >= 11 is 0. The molecule has 1 saturated heterocycles. The smallest absolute Gasteiger partial charge is 0.327 e. The highest BCUT2D eigenvalue weighted by Gasteiger charge is 2.59. The van der Waals surface area contributed by atoms with Gasteiger partial charge in [0.1, 0.15) is 11.3 Å². The van der Waals surface area contributed by atoms with E-state index in [-0.39, 0.29) is 35.5 Å². The minimum absolute atomic E-state index is 0.0214. The lowest BCUT2D eigenvalue weighted by molar-refractivity contribution is -0.136. The number of rotatable bonds is 4. The summed E-state index contributed by atoms with van der Waals surface area (Å²) in [6, 6.07) is 5.53. The lowest BCUT2D eigenvalue weighted by Gasteiger charge is -2.47. The molecule has 6 heteroatoms. The number of carbonyl (C=O) groups is 3. The first-order valence-electron chi connectivity index (χ1n) is 9.42. The van der Waals surface area contributed by atoms with Gasteiger partial charge in [0.05, 0.1) is 6.54 Å². The highest BCUT2D eigenvalue weighted by atomic mass is 16.3. The number of allylic oxidation sites excluding steroid dienone is 2. The SMILES string of the molecule is CN1C(=O)N(CC(=O)c2cccc(O)c2)C(=O)C1(C)C1C[C@@H]2C=C[C@H]1CC2. The standard InChI is InChI=1S/C21H24N2O4/c1-21(17-10-13-6-8-14(17)9-7-13)19(26)23(20(27)22(21)2)12-18(25)15-4-3-5-16(24)11-15/h3-6,8,11,13-14,17,24H,7,9-10,12H2,1-2H3/t13-,14+,17?,21?/m1/s1. The third-order valence-corrected chi connectivity index (χ3v) is 6.66. The van der Waals surface area contributed by atoms with E-state index in [9.17, 15) is 19.5 Å². The number of benzene rings is 1. The molecule has 4 atom stereocenters. The molecule has 0 spiro atoms. The fourth-order valence-corrected chi connectivity index (χ4v) is 4.92. The van der Waals surface area contributed by atoms with E-state index < -0.39 is 11.6 Å². The summed E-state index contributed by atoms with van der Waals surface area (Å²) in [5.41, 5.74) is -0.642. The molecule has 1 aliphatic heterocycles. The van der Waals surface area contributed by atoms with Crippen molar-refractivity contribution in [3.8, 4) is 5.75 Å². The molecule has 3 amide bonds. The van der Waals surface area contributed by atoms with Crippen molar-refractivity contribution in [1.29, 1.82) is 0 Å². The lowest BCUT2D eigenvalue weighted by Crippen LogP contribution is -2.55. The fraction of sp³-hybridized carbons (Fsp3) is 0.476. The van der Waals surface area contributed by atoms with Crippen molar-refractivity contribution < 1.29 is 19.5 Å². The molecule has 0 aromatic heterocycles. The Bertz CT molecular complexity index is 848. The van der Waals surface area contributed by atoms with Crippen LogP contribution in [0.25, 0.3) is 0 Å². The van der Waals surface area contributed by atoms with E-state index in [1.807, 2.05) is 6.92 Å². The number of fused-ring (bicyclic) bond motifs is 2. The van der Waals surface area contributed by atoms with Gasteiger partial charge >= 0.3 is 6.03 Å². The number of imide groups is 1. The first-order chi connectivity index (χ1) is 12.8. The Morgan fingerprint density at radius 2 is 2.04 bits per heavy atom. The Morgan fingerprint density at radius 1 is 1.26 bits per heavy atom. The zero-order valence-electron chi connectivity index (χ0n) is 15.6. The molecule has 6 nitrogen and oxygen atoms in total. The van der Waals surface area contributed by atoms with Gasteiger partial charge in [-0.2, -0.15) is 0 Å². The average molecular weight is 368 g/mol. The average Bonchev–Trinajstić information content (AvgIpc) is 2.85. The molecule has 5 rings (SSSR count). The first-order valence-corrected chi connectivity index (χ1v) is 9.42. The van der Waals surface area contributed by atoms with Gasteiger partial charge in [-0.1, -0.05) is 24.3 Å². The van der Waals surface area contributed by atoms with Crippen LogP contribution in [-0.2, 0) is 4.79 Å². The summed E-state index contributed by atoms with van der Waals surface area (Å²) in [6.07, 6.45) is 7.51. The minimum atomic E-state index is -0.926. The first kappa shape index (κ1) is 17.8. The Balaban J connectivity index is 1.59. The van der Waals surface area contributed by atoms with Crippen molar-refractivity contribution in [3.05, 3.63) is 42.0 Å². The third kappa shape index (κ3) is 2.66. The maximum Gasteiger partial charge on any atom is 0.327 e. The Labute approximate surface area is 158 Å². The molecule has 2 fully saturated rings. The number of aromatic hydroxyl groups is 1. The van der Waals surface area contributed by atoms with Gasteiger partial charge in [-0.15, -0.1) is 0 Å². The predicted molar refractivity (Wildman–Crippen MR) is 99.2 cm³/mol. The van der Waals surface area contributed by atoms with E-state index in [1.165, 1.54) is 17.0 Å². The largest absolute Gasteiger partial charge is 0.508 e. The quantitative estimate of drug-likeness (QED) is 0.504. The van der Waals surface area contributed by atoms with Gasteiger partial charge in [-0.25, -0.2) is 4.79 Å². The molecule has 1 N–H and O–H groups in total. The Hall–Kier alpha value is -2.63. The highest BCUT2D eigenvalue weighted by molar-refractivity contribution is 6.11. The van der Waals surface area contributed by atoms with Gasteiger partial charge in [0.25, 0.3) is 5.91 Å². The zero-order chi connectivity index (χ0) is 19.3. The van der Waals surface area contributed by atoms with E-state index in [0.717, 1.165) is 24.2 Å². The zero-order valence-corrected chi connectivity index (χ0v) is 15.6. The minimum Gasteiger partial charge on any atom is -0.508 e. The van der Waals surface area contributed by atoms with Crippen molar-refractivity contribution in [2.45, 2.75) is 31.7 Å². The van der Waals surface area contributed by atoms with E-state index >= 15 is 0 Å². The second kappa shape index (κ2) is 6.22. The van der Waals surface area contributed by atoms with E-state index in [0.29, 0.717) is 11.8 Å². The second-order valence-corrected chi connectivity index (χ2v) is 8.08. The summed E-state index contributed by atoms with van der Waals surface area (Å²) < 4.78 is 0. The van der Waals surface area contributed by atoms with E-state index in [4.69, 9.17) is 0 Å². The molecule has 2 bridgehead atoms. The van der Waals surface area contributed by atoms with Gasteiger partial charge < -0.3 is 10.0 Å². The monoisotopic (exact) mass is 368 g/mol. The molecule has 1 aromatic carbocycles. The van der Waals surface area contributed by atoms with Gasteiger partial charge in [-0.05, 0) is 56.1 Å². The molecular formula is C21H24N2O4. The number of hydrogen-bond donors (Lipinski definition) is 1. The van der Waals surface area contributed by atoms with Crippen LogP contribution in [0.2, 0.25) is 0 Å². The molecule has 1 heterocycles. The van der Waals surface area contributed by atoms with Crippen LogP contribution in [0.5, 0.6) is 5.75 Å². The van der Waals surface area contributed by atoms with Crippen LogP contribution < -0.4 is 0 Å². The molecule has 2 unspecified atom stereocenters. The molecule has 3 aliphatic carbocycles.